The summed E-state index contributed by atoms with van der Waals surface area (Å²) in [7, 11) is 1.34. The van der Waals surface area contributed by atoms with Gasteiger partial charge in [-0.3, -0.25) is 4.79 Å². The largest absolute Gasteiger partial charge is 0.467 e. The lowest BCUT2D eigenvalue weighted by molar-refractivity contribution is -0.145. The Morgan fingerprint density at radius 1 is 1.26 bits per heavy atom. The predicted molar refractivity (Wildman–Crippen MR) is 90.1 cm³/mol. The third-order valence-electron chi connectivity index (χ3n) is 3.87. The van der Waals surface area contributed by atoms with E-state index < -0.39 is 12.0 Å². The number of nitrogens with zero attached hydrogens (tertiary/aromatic N) is 1. The van der Waals surface area contributed by atoms with E-state index in [0.717, 1.165) is 10.9 Å². The molecule has 2 aromatic rings. The van der Waals surface area contributed by atoms with Crippen LogP contribution < -0.4 is 5.32 Å². The highest BCUT2D eigenvalue weighted by molar-refractivity contribution is 5.87. The molecule has 1 N–H and O–H groups in total. The Balaban J connectivity index is 2.10. The first-order valence-electron chi connectivity index (χ1n) is 7.84. The molecular formula is C18H24N2O3. The van der Waals surface area contributed by atoms with Crippen molar-refractivity contribution in [2.45, 2.75) is 39.8 Å². The zero-order chi connectivity index (χ0) is 17.0. The first-order valence-corrected chi connectivity index (χ1v) is 7.84. The third-order valence-corrected chi connectivity index (χ3v) is 3.87. The monoisotopic (exact) mass is 316 g/mol. The van der Waals surface area contributed by atoms with E-state index in [-0.39, 0.29) is 18.4 Å². The van der Waals surface area contributed by atoms with Crippen molar-refractivity contribution in [1.29, 1.82) is 0 Å². The van der Waals surface area contributed by atoms with Crippen LogP contribution in [0, 0.1) is 12.8 Å². The first kappa shape index (κ1) is 17.1. The minimum atomic E-state index is -0.601. The number of benzene rings is 1. The zero-order valence-electron chi connectivity index (χ0n) is 14.1. The van der Waals surface area contributed by atoms with Gasteiger partial charge in [0.2, 0.25) is 5.91 Å². The van der Waals surface area contributed by atoms with Gasteiger partial charge in [-0.05, 0) is 37.0 Å². The normalized spacial score (nSPS) is 12.4. The third kappa shape index (κ3) is 4.12. The summed E-state index contributed by atoms with van der Waals surface area (Å²) in [5.74, 6) is -0.310. The van der Waals surface area contributed by atoms with Crippen LogP contribution >= 0.6 is 0 Å². The van der Waals surface area contributed by atoms with Crippen LogP contribution in [0.5, 0.6) is 0 Å². The molecule has 1 heterocycles. The van der Waals surface area contributed by atoms with E-state index in [0.29, 0.717) is 6.42 Å². The Labute approximate surface area is 136 Å². The van der Waals surface area contributed by atoms with E-state index in [1.807, 2.05) is 55.8 Å². The predicted octanol–water partition coefficient (Wildman–Crippen LogP) is 2.65. The lowest BCUT2D eigenvalue weighted by atomic mass is 10.0. The van der Waals surface area contributed by atoms with Crippen molar-refractivity contribution in [2.24, 2.45) is 5.92 Å². The molecule has 5 heteroatoms. The molecule has 5 nitrogen and oxygen atoms in total. The summed E-state index contributed by atoms with van der Waals surface area (Å²) < 4.78 is 6.67. The highest BCUT2D eigenvalue weighted by Gasteiger charge is 2.22. The number of aryl methyl sites for hydroxylation is 1. The van der Waals surface area contributed by atoms with E-state index in [9.17, 15) is 9.59 Å². The van der Waals surface area contributed by atoms with Crippen molar-refractivity contribution in [1.82, 2.24) is 9.88 Å². The van der Waals surface area contributed by atoms with E-state index in [1.54, 1.807) is 0 Å². The fourth-order valence-corrected chi connectivity index (χ4v) is 2.74. The van der Waals surface area contributed by atoms with Crippen LogP contribution in [-0.4, -0.2) is 29.6 Å². The van der Waals surface area contributed by atoms with Crippen LogP contribution in [0.1, 0.15) is 25.8 Å². The summed E-state index contributed by atoms with van der Waals surface area (Å²) in [4.78, 5) is 24.1. The van der Waals surface area contributed by atoms with Crippen molar-refractivity contribution >= 4 is 22.8 Å². The molecule has 0 saturated carbocycles. The lowest BCUT2D eigenvalue weighted by Gasteiger charge is -2.18. The van der Waals surface area contributed by atoms with Crippen molar-refractivity contribution in [3.8, 4) is 0 Å². The molecule has 1 aromatic carbocycles. The first-order chi connectivity index (χ1) is 10.9. The molecule has 23 heavy (non-hydrogen) atoms. The number of amides is 1. The number of esters is 1. The number of methoxy groups -OCH3 is 1. The Morgan fingerprint density at radius 3 is 2.65 bits per heavy atom. The summed E-state index contributed by atoms with van der Waals surface area (Å²) in [5.41, 5.74) is 2.19. The average Bonchev–Trinajstić information content (AvgIpc) is 2.90. The Bertz CT molecular complexity index is 703. The van der Waals surface area contributed by atoms with Gasteiger partial charge in [-0.2, -0.15) is 0 Å². The molecule has 124 valence electrons. The van der Waals surface area contributed by atoms with Gasteiger partial charge >= 0.3 is 5.97 Å². The SMILES string of the molecule is COC(=O)[C@H](CC(C)C)NC(=O)Cn1ccc2c(C)cccc21. The number of carbonyl (C=O) groups excluding carboxylic acids is 2. The van der Waals surface area contributed by atoms with Crippen LogP contribution in [0.15, 0.2) is 30.5 Å². The highest BCUT2D eigenvalue weighted by Crippen LogP contribution is 2.19. The number of rotatable bonds is 6. The number of nitrogens with one attached hydrogen (secondary N) is 1. The standard InChI is InChI=1S/C18H24N2O3/c1-12(2)10-15(18(22)23-4)19-17(21)11-20-9-8-14-13(3)6-5-7-16(14)20/h5-9,12,15H,10-11H2,1-4H3,(H,19,21)/t15-/m0/s1. The Hall–Kier alpha value is -2.30. The van der Waals surface area contributed by atoms with Crippen LogP contribution in [0.25, 0.3) is 10.9 Å². The number of hydrogen-bond donors (Lipinski definition) is 1. The minimum absolute atomic E-state index is 0.179. The van der Waals surface area contributed by atoms with Crippen molar-refractivity contribution in [3.63, 3.8) is 0 Å². The van der Waals surface area contributed by atoms with E-state index in [2.05, 4.69) is 5.32 Å². The van der Waals surface area contributed by atoms with Crippen LogP contribution in [0.3, 0.4) is 0 Å². The highest BCUT2D eigenvalue weighted by atomic mass is 16.5. The van der Waals surface area contributed by atoms with Crippen molar-refractivity contribution in [3.05, 3.63) is 36.0 Å². The molecule has 0 aliphatic heterocycles. The Kier molecular flexibility index (Phi) is 5.42. The van der Waals surface area contributed by atoms with Crippen LogP contribution in [0.2, 0.25) is 0 Å². The number of aromatic nitrogens is 1. The van der Waals surface area contributed by atoms with E-state index in [4.69, 9.17) is 4.74 Å². The molecule has 1 aromatic heterocycles. The van der Waals surface area contributed by atoms with Gasteiger partial charge in [-0.25, -0.2) is 4.79 Å². The number of fused-ring (bicyclic) bond motifs is 1. The topological polar surface area (TPSA) is 60.3 Å². The maximum atomic E-state index is 12.3. The van der Waals surface area contributed by atoms with Gasteiger partial charge in [-0.1, -0.05) is 26.0 Å². The summed E-state index contributed by atoms with van der Waals surface area (Å²) in [6, 6.07) is 7.41. The number of hydrogen-bond acceptors (Lipinski definition) is 3. The van der Waals surface area contributed by atoms with Gasteiger partial charge in [0.25, 0.3) is 0 Å². The van der Waals surface area contributed by atoms with Crippen LogP contribution in [-0.2, 0) is 20.9 Å². The maximum absolute atomic E-state index is 12.3. The van der Waals surface area contributed by atoms with Gasteiger partial charge in [-0.15, -0.1) is 0 Å². The second-order valence-electron chi connectivity index (χ2n) is 6.22. The second-order valence-corrected chi connectivity index (χ2v) is 6.22. The minimum Gasteiger partial charge on any atom is -0.467 e. The Morgan fingerprint density at radius 2 is 2.00 bits per heavy atom. The number of ether oxygens (including phenoxy) is 1. The smallest absolute Gasteiger partial charge is 0.328 e. The van der Waals surface area contributed by atoms with Gasteiger partial charge in [0.1, 0.15) is 12.6 Å². The summed E-state index contributed by atoms with van der Waals surface area (Å²) in [6.45, 7) is 6.23. The molecule has 0 saturated heterocycles. The quantitative estimate of drug-likeness (QED) is 0.834. The van der Waals surface area contributed by atoms with Crippen molar-refractivity contribution in [2.75, 3.05) is 7.11 Å². The van der Waals surface area contributed by atoms with Crippen LogP contribution in [0.4, 0.5) is 0 Å². The molecule has 0 unspecified atom stereocenters. The van der Waals surface area contributed by atoms with Crippen molar-refractivity contribution < 1.29 is 14.3 Å². The lowest BCUT2D eigenvalue weighted by Crippen LogP contribution is -2.43. The van der Waals surface area contributed by atoms with E-state index >= 15 is 0 Å². The number of carbonyl (C=O) groups is 2. The maximum Gasteiger partial charge on any atom is 0.328 e. The molecule has 0 fully saturated rings. The van der Waals surface area contributed by atoms with Gasteiger partial charge in [0, 0.05) is 17.1 Å². The summed E-state index contributed by atoms with van der Waals surface area (Å²) >= 11 is 0. The summed E-state index contributed by atoms with van der Waals surface area (Å²) in [5, 5.41) is 3.91. The fraction of sp³-hybridized carbons (Fsp3) is 0.444. The molecule has 1 amide bonds. The molecule has 0 spiro atoms. The van der Waals surface area contributed by atoms with Gasteiger partial charge in [0.05, 0.1) is 7.11 Å². The van der Waals surface area contributed by atoms with Gasteiger partial charge in [0.15, 0.2) is 0 Å². The molecule has 0 bridgehead atoms. The van der Waals surface area contributed by atoms with E-state index in [1.165, 1.54) is 12.7 Å². The molecular weight excluding hydrogens is 292 g/mol. The van der Waals surface area contributed by atoms with Gasteiger partial charge < -0.3 is 14.6 Å². The molecule has 0 aliphatic carbocycles. The fourth-order valence-electron chi connectivity index (χ4n) is 2.74. The second kappa shape index (κ2) is 7.31. The molecule has 0 radical (unpaired) electrons. The zero-order valence-corrected chi connectivity index (χ0v) is 14.1. The molecule has 0 aliphatic rings. The molecule has 2 rings (SSSR count). The summed E-state index contributed by atoms with van der Waals surface area (Å²) in [6.07, 6.45) is 2.46. The molecule has 1 atom stereocenters. The average molecular weight is 316 g/mol.